The summed E-state index contributed by atoms with van der Waals surface area (Å²) in [4.78, 5) is 0. The molecule has 2 aromatic rings. The van der Waals surface area contributed by atoms with Gasteiger partial charge >= 0.3 is 0 Å². The number of nitrogens with zero attached hydrogens (tertiary/aromatic N) is 1. The summed E-state index contributed by atoms with van der Waals surface area (Å²) in [5.74, 6) is 0. The van der Waals surface area contributed by atoms with Crippen LogP contribution in [0.3, 0.4) is 0 Å². The van der Waals surface area contributed by atoms with Crippen LogP contribution in [0, 0.1) is 0 Å². The molecular formula is C11H14N2. The van der Waals surface area contributed by atoms with Gasteiger partial charge in [-0.2, -0.15) is 0 Å². The maximum absolute atomic E-state index is 5.73. The van der Waals surface area contributed by atoms with E-state index in [0.717, 1.165) is 18.7 Å². The van der Waals surface area contributed by atoms with Gasteiger partial charge < -0.3 is 10.3 Å². The number of rotatable bonds is 2. The second-order valence-corrected chi connectivity index (χ2v) is 3.33. The van der Waals surface area contributed by atoms with Crippen molar-refractivity contribution in [3.8, 4) is 0 Å². The zero-order valence-corrected chi connectivity index (χ0v) is 7.83. The fourth-order valence-electron chi connectivity index (χ4n) is 1.64. The number of aryl methyl sites for hydroxylation is 1. The lowest BCUT2D eigenvalue weighted by molar-refractivity contribution is 0.704. The van der Waals surface area contributed by atoms with Crippen LogP contribution in [0.15, 0.2) is 30.5 Å². The van der Waals surface area contributed by atoms with Gasteiger partial charge in [0.25, 0.3) is 0 Å². The van der Waals surface area contributed by atoms with Gasteiger partial charge in [-0.25, -0.2) is 0 Å². The average molecular weight is 174 g/mol. The van der Waals surface area contributed by atoms with Gasteiger partial charge in [0, 0.05) is 18.4 Å². The van der Waals surface area contributed by atoms with Gasteiger partial charge in [0.05, 0.1) is 5.52 Å². The predicted octanol–water partition coefficient (Wildman–Crippen LogP) is 2.63. The van der Waals surface area contributed by atoms with Crippen molar-refractivity contribution < 1.29 is 0 Å². The third-order valence-electron chi connectivity index (χ3n) is 2.26. The zero-order valence-electron chi connectivity index (χ0n) is 7.83. The molecule has 0 aliphatic rings. The number of hydrogen-bond donors (Lipinski definition) is 1. The van der Waals surface area contributed by atoms with Crippen LogP contribution < -0.4 is 5.73 Å². The van der Waals surface area contributed by atoms with E-state index in [9.17, 15) is 0 Å². The van der Waals surface area contributed by atoms with Crippen molar-refractivity contribution >= 4 is 16.6 Å². The fraction of sp³-hybridized carbons (Fsp3) is 0.273. The molecule has 0 saturated carbocycles. The highest BCUT2D eigenvalue weighted by molar-refractivity contribution is 5.83. The van der Waals surface area contributed by atoms with Crippen molar-refractivity contribution in [2.45, 2.75) is 19.9 Å². The number of fused-ring (bicyclic) bond motifs is 1. The summed E-state index contributed by atoms with van der Waals surface area (Å²) in [6, 6.07) is 8.17. The van der Waals surface area contributed by atoms with E-state index < -0.39 is 0 Å². The number of hydrogen-bond acceptors (Lipinski definition) is 1. The molecular weight excluding hydrogens is 160 g/mol. The third kappa shape index (κ3) is 1.39. The maximum atomic E-state index is 5.73. The van der Waals surface area contributed by atoms with Gasteiger partial charge in [-0.3, -0.25) is 0 Å². The number of nitrogen functional groups attached to an aromatic ring is 1. The molecule has 0 spiro atoms. The molecule has 1 heterocycles. The first-order valence-corrected chi connectivity index (χ1v) is 4.65. The van der Waals surface area contributed by atoms with Crippen LogP contribution >= 0.6 is 0 Å². The molecule has 2 nitrogen and oxygen atoms in total. The summed E-state index contributed by atoms with van der Waals surface area (Å²) >= 11 is 0. The van der Waals surface area contributed by atoms with Gasteiger partial charge in [0.15, 0.2) is 0 Å². The van der Waals surface area contributed by atoms with E-state index in [1.54, 1.807) is 0 Å². The Bertz CT molecular complexity index is 415. The first kappa shape index (κ1) is 8.17. The highest BCUT2D eigenvalue weighted by Gasteiger charge is 1.99. The molecule has 0 unspecified atom stereocenters. The molecule has 0 radical (unpaired) electrons. The normalized spacial score (nSPS) is 10.8. The lowest BCUT2D eigenvalue weighted by Crippen LogP contribution is -1.94. The van der Waals surface area contributed by atoms with Gasteiger partial charge in [0.2, 0.25) is 0 Å². The highest BCUT2D eigenvalue weighted by atomic mass is 14.9. The van der Waals surface area contributed by atoms with Gasteiger partial charge in [-0.15, -0.1) is 0 Å². The first-order valence-electron chi connectivity index (χ1n) is 4.65. The van der Waals surface area contributed by atoms with Crippen LogP contribution in [0.25, 0.3) is 10.9 Å². The Hall–Kier alpha value is -1.44. The minimum absolute atomic E-state index is 0.837. The molecule has 0 aliphatic carbocycles. The Morgan fingerprint density at radius 2 is 2.15 bits per heavy atom. The van der Waals surface area contributed by atoms with E-state index in [0.29, 0.717) is 0 Å². The van der Waals surface area contributed by atoms with Gasteiger partial charge in [0.1, 0.15) is 0 Å². The maximum Gasteiger partial charge on any atom is 0.0500 e. The van der Waals surface area contributed by atoms with Crippen LogP contribution in [-0.4, -0.2) is 4.57 Å². The Morgan fingerprint density at radius 1 is 1.31 bits per heavy atom. The molecule has 2 rings (SSSR count). The summed E-state index contributed by atoms with van der Waals surface area (Å²) in [5, 5.41) is 1.27. The van der Waals surface area contributed by atoms with E-state index in [4.69, 9.17) is 5.73 Å². The predicted molar refractivity (Wildman–Crippen MR) is 56.6 cm³/mol. The Kier molecular flexibility index (Phi) is 1.97. The molecule has 68 valence electrons. The number of benzene rings is 1. The Morgan fingerprint density at radius 3 is 2.92 bits per heavy atom. The van der Waals surface area contributed by atoms with E-state index >= 15 is 0 Å². The number of anilines is 1. The lowest BCUT2D eigenvalue weighted by Gasteiger charge is -2.02. The molecule has 0 amide bonds. The molecule has 0 saturated heterocycles. The summed E-state index contributed by atoms with van der Waals surface area (Å²) in [7, 11) is 0. The molecule has 1 aromatic carbocycles. The zero-order chi connectivity index (χ0) is 9.26. The Balaban J connectivity index is 2.58. The third-order valence-corrected chi connectivity index (χ3v) is 2.26. The van der Waals surface area contributed by atoms with Crippen molar-refractivity contribution in [3.63, 3.8) is 0 Å². The van der Waals surface area contributed by atoms with Crippen molar-refractivity contribution in [3.05, 3.63) is 30.5 Å². The summed E-state index contributed by atoms with van der Waals surface area (Å²) < 4.78 is 2.24. The van der Waals surface area contributed by atoms with Crippen LogP contribution in [0.1, 0.15) is 13.3 Å². The molecule has 0 aliphatic heterocycles. The van der Waals surface area contributed by atoms with Crippen LogP contribution in [0.4, 0.5) is 5.69 Å². The second-order valence-electron chi connectivity index (χ2n) is 3.33. The summed E-state index contributed by atoms with van der Waals surface area (Å²) in [5.41, 5.74) is 7.81. The summed E-state index contributed by atoms with van der Waals surface area (Å²) in [6.07, 6.45) is 3.27. The van der Waals surface area contributed by atoms with Crippen molar-refractivity contribution in [2.24, 2.45) is 0 Å². The average Bonchev–Trinajstić information content (AvgIpc) is 2.49. The van der Waals surface area contributed by atoms with Crippen LogP contribution in [0.5, 0.6) is 0 Å². The molecule has 0 atom stereocenters. The molecule has 0 bridgehead atoms. The molecule has 13 heavy (non-hydrogen) atoms. The smallest absolute Gasteiger partial charge is 0.0500 e. The van der Waals surface area contributed by atoms with E-state index in [1.807, 2.05) is 12.1 Å². The fourth-order valence-corrected chi connectivity index (χ4v) is 1.64. The van der Waals surface area contributed by atoms with E-state index in [1.165, 1.54) is 10.9 Å². The quantitative estimate of drug-likeness (QED) is 0.697. The minimum atomic E-state index is 0.837. The standard InChI is InChI=1S/C11H14N2/c1-2-6-13-7-5-9-3-4-10(12)8-11(9)13/h3-5,7-8H,2,6,12H2,1H3. The largest absolute Gasteiger partial charge is 0.399 e. The molecule has 2 heteroatoms. The molecule has 1 aromatic heterocycles. The first-order chi connectivity index (χ1) is 6.31. The van der Waals surface area contributed by atoms with Gasteiger partial charge in [-0.1, -0.05) is 13.0 Å². The minimum Gasteiger partial charge on any atom is -0.399 e. The molecule has 0 fully saturated rings. The topological polar surface area (TPSA) is 30.9 Å². The van der Waals surface area contributed by atoms with Crippen molar-refractivity contribution in [1.29, 1.82) is 0 Å². The number of aromatic nitrogens is 1. The second kappa shape index (κ2) is 3.13. The van der Waals surface area contributed by atoms with Crippen molar-refractivity contribution in [2.75, 3.05) is 5.73 Å². The Labute approximate surface area is 78.0 Å². The monoisotopic (exact) mass is 174 g/mol. The lowest BCUT2D eigenvalue weighted by atomic mass is 10.2. The van der Waals surface area contributed by atoms with Gasteiger partial charge in [-0.05, 0) is 30.0 Å². The van der Waals surface area contributed by atoms with E-state index in [2.05, 4.69) is 29.8 Å². The summed E-state index contributed by atoms with van der Waals surface area (Å²) in [6.45, 7) is 3.24. The van der Waals surface area contributed by atoms with E-state index in [-0.39, 0.29) is 0 Å². The number of nitrogens with two attached hydrogens (primary N) is 1. The van der Waals surface area contributed by atoms with Crippen LogP contribution in [-0.2, 0) is 6.54 Å². The highest BCUT2D eigenvalue weighted by Crippen LogP contribution is 2.18. The SMILES string of the molecule is CCCn1ccc2ccc(N)cc21. The van der Waals surface area contributed by atoms with Crippen molar-refractivity contribution in [1.82, 2.24) is 4.57 Å². The van der Waals surface area contributed by atoms with Crippen LogP contribution in [0.2, 0.25) is 0 Å². The molecule has 2 N–H and O–H groups in total.